The third-order valence-corrected chi connectivity index (χ3v) is 5.74. The summed E-state index contributed by atoms with van der Waals surface area (Å²) in [5.74, 6) is 0.0771. The number of aromatic nitrogens is 1. The van der Waals surface area contributed by atoms with Crippen molar-refractivity contribution in [1.29, 1.82) is 0 Å². The van der Waals surface area contributed by atoms with Crippen LogP contribution in [-0.2, 0) is 15.0 Å². The van der Waals surface area contributed by atoms with Crippen molar-refractivity contribution in [2.75, 3.05) is 19.6 Å². The maximum Gasteiger partial charge on any atom is 0.239 e. The number of piperazine rings is 1. The number of hydrogen-bond donors (Lipinski definition) is 1. The average Bonchev–Trinajstić information content (AvgIpc) is 2.46. The lowest BCUT2D eigenvalue weighted by molar-refractivity contribution is -0.156. The molecule has 1 aromatic heterocycles. The molecule has 22 heavy (non-hydrogen) atoms. The first-order valence-electron chi connectivity index (χ1n) is 8.10. The number of rotatable bonds is 2. The summed E-state index contributed by atoms with van der Waals surface area (Å²) in [7, 11) is 0. The van der Waals surface area contributed by atoms with Gasteiger partial charge in [-0.2, -0.15) is 0 Å². The van der Waals surface area contributed by atoms with Crippen molar-refractivity contribution in [1.82, 2.24) is 15.2 Å². The van der Waals surface area contributed by atoms with E-state index in [0.717, 1.165) is 18.4 Å². The monoisotopic (exact) mass is 299 g/mol. The first-order chi connectivity index (χ1) is 10.6. The van der Waals surface area contributed by atoms with Crippen LogP contribution in [0.25, 0.3) is 0 Å². The average molecular weight is 299 g/mol. The smallest absolute Gasteiger partial charge is 0.239 e. The molecule has 0 bridgehead atoms. The highest BCUT2D eigenvalue weighted by Gasteiger charge is 2.62. The molecule has 0 aromatic carbocycles. The minimum Gasteiger partial charge on any atom is -0.353 e. The van der Waals surface area contributed by atoms with Gasteiger partial charge < -0.3 is 10.2 Å². The maximum absolute atomic E-state index is 13.2. The summed E-state index contributed by atoms with van der Waals surface area (Å²) in [4.78, 5) is 30.7. The van der Waals surface area contributed by atoms with E-state index in [1.807, 2.05) is 12.1 Å². The molecule has 3 aliphatic rings. The van der Waals surface area contributed by atoms with Gasteiger partial charge in [0.2, 0.25) is 11.8 Å². The summed E-state index contributed by atoms with van der Waals surface area (Å²) in [6.45, 7) is 1.37. The molecule has 4 rings (SSSR count). The van der Waals surface area contributed by atoms with Crippen molar-refractivity contribution in [3.05, 3.63) is 30.1 Å². The van der Waals surface area contributed by atoms with Crippen molar-refractivity contribution in [3.63, 3.8) is 0 Å². The van der Waals surface area contributed by atoms with Gasteiger partial charge in [-0.1, -0.05) is 6.42 Å². The summed E-state index contributed by atoms with van der Waals surface area (Å²) in [6, 6.07) is 3.93. The second kappa shape index (κ2) is 4.80. The van der Waals surface area contributed by atoms with Gasteiger partial charge >= 0.3 is 0 Å². The number of nitrogens with zero attached hydrogens (tertiary/aromatic N) is 2. The number of amides is 2. The van der Waals surface area contributed by atoms with Crippen LogP contribution >= 0.6 is 0 Å². The molecular formula is C17H21N3O2. The molecule has 1 aromatic rings. The van der Waals surface area contributed by atoms with E-state index in [2.05, 4.69) is 10.3 Å². The van der Waals surface area contributed by atoms with Crippen LogP contribution in [-0.4, -0.2) is 41.3 Å². The number of pyridine rings is 1. The lowest BCUT2D eigenvalue weighted by Crippen LogP contribution is -2.63. The van der Waals surface area contributed by atoms with E-state index < -0.39 is 5.41 Å². The molecule has 5 nitrogen and oxygen atoms in total. The van der Waals surface area contributed by atoms with E-state index in [0.29, 0.717) is 18.5 Å². The normalized spacial score (nSPS) is 25.1. The Hall–Kier alpha value is -1.91. The number of carbonyl (C=O) groups is 2. The van der Waals surface area contributed by atoms with E-state index in [4.69, 9.17) is 0 Å². The van der Waals surface area contributed by atoms with E-state index in [9.17, 15) is 9.59 Å². The van der Waals surface area contributed by atoms with Gasteiger partial charge in [-0.3, -0.25) is 14.6 Å². The molecular weight excluding hydrogens is 278 g/mol. The van der Waals surface area contributed by atoms with Crippen LogP contribution in [0.2, 0.25) is 0 Å². The molecule has 3 fully saturated rings. The predicted octanol–water partition coefficient (Wildman–Crippen LogP) is 1.24. The van der Waals surface area contributed by atoms with Gasteiger partial charge in [0.05, 0.1) is 12.0 Å². The second-order valence-electron chi connectivity index (χ2n) is 7.10. The third-order valence-electron chi connectivity index (χ3n) is 5.74. The van der Waals surface area contributed by atoms with Gasteiger partial charge in [-0.05, 0) is 48.8 Å². The highest BCUT2D eigenvalue weighted by molar-refractivity contribution is 5.93. The Bertz CT molecular complexity index is 602. The van der Waals surface area contributed by atoms with Gasteiger partial charge in [0.1, 0.15) is 0 Å². The first kappa shape index (κ1) is 13.7. The molecule has 0 unspecified atom stereocenters. The maximum atomic E-state index is 13.2. The quantitative estimate of drug-likeness (QED) is 0.894. The molecule has 116 valence electrons. The molecule has 2 aliphatic carbocycles. The molecule has 1 saturated heterocycles. The Labute approximate surface area is 130 Å². The summed E-state index contributed by atoms with van der Waals surface area (Å²) >= 11 is 0. The molecule has 5 heteroatoms. The van der Waals surface area contributed by atoms with E-state index in [-0.39, 0.29) is 18.4 Å². The zero-order valence-electron chi connectivity index (χ0n) is 12.7. The molecule has 2 amide bonds. The summed E-state index contributed by atoms with van der Waals surface area (Å²) in [5, 5.41) is 2.79. The van der Waals surface area contributed by atoms with Crippen LogP contribution in [0.5, 0.6) is 0 Å². The Morgan fingerprint density at radius 1 is 1.23 bits per heavy atom. The zero-order chi connectivity index (χ0) is 15.2. The molecule has 2 heterocycles. The van der Waals surface area contributed by atoms with Crippen LogP contribution in [0.1, 0.15) is 37.7 Å². The summed E-state index contributed by atoms with van der Waals surface area (Å²) < 4.78 is 0. The standard InChI is InChI=1S/C17H21N3O2/c21-14-10-20(9-8-19-14)15(22)17(13-2-6-18-7-3-13)11-16(12-17)4-1-5-16/h2-3,6-7H,1,4-5,8-12H2,(H,19,21). The van der Waals surface area contributed by atoms with Gasteiger partial charge in [-0.25, -0.2) is 0 Å². The predicted molar refractivity (Wildman–Crippen MR) is 81.0 cm³/mol. The topological polar surface area (TPSA) is 62.3 Å². The van der Waals surface area contributed by atoms with Crippen LogP contribution in [0.3, 0.4) is 0 Å². The number of carbonyl (C=O) groups excluding carboxylic acids is 2. The van der Waals surface area contributed by atoms with Crippen LogP contribution in [0.4, 0.5) is 0 Å². The number of nitrogens with one attached hydrogen (secondary N) is 1. The Balaban J connectivity index is 1.63. The molecule has 1 spiro atoms. The fourth-order valence-electron chi connectivity index (χ4n) is 4.52. The highest BCUT2D eigenvalue weighted by Crippen LogP contribution is 2.65. The van der Waals surface area contributed by atoms with E-state index >= 15 is 0 Å². The second-order valence-corrected chi connectivity index (χ2v) is 7.10. The fourth-order valence-corrected chi connectivity index (χ4v) is 4.52. The van der Waals surface area contributed by atoms with Crippen LogP contribution < -0.4 is 5.32 Å². The summed E-state index contributed by atoms with van der Waals surface area (Å²) in [6.07, 6.45) is 9.16. The molecule has 2 saturated carbocycles. The van der Waals surface area contributed by atoms with Crippen molar-refractivity contribution < 1.29 is 9.59 Å². The van der Waals surface area contributed by atoms with E-state index in [1.165, 1.54) is 19.3 Å². The summed E-state index contributed by atoms with van der Waals surface area (Å²) in [5.41, 5.74) is 1.02. The van der Waals surface area contributed by atoms with Crippen molar-refractivity contribution in [2.45, 2.75) is 37.5 Å². The minimum atomic E-state index is -0.430. The molecule has 0 radical (unpaired) electrons. The zero-order valence-corrected chi connectivity index (χ0v) is 12.7. The molecule has 1 aliphatic heterocycles. The van der Waals surface area contributed by atoms with Crippen molar-refractivity contribution >= 4 is 11.8 Å². The van der Waals surface area contributed by atoms with Gasteiger partial charge in [-0.15, -0.1) is 0 Å². The Kier molecular flexibility index (Phi) is 2.99. The van der Waals surface area contributed by atoms with E-state index in [1.54, 1.807) is 17.3 Å². The van der Waals surface area contributed by atoms with Crippen molar-refractivity contribution in [2.24, 2.45) is 5.41 Å². The highest BCUT2D eigenvalue weighted by atomic mass is 16.2. The van der Waals surface area contributed by atoms with Gasteiger partial charge in [0, 0.05) is 25.5 Å². The lowest BCUT2D eigenvalue weighted by Gasteiger charge is -2.61. The van der Waals surface area contributed by atoms with Gasteiger partial charge in [0.25, 0.3) is 0 Å². The van der Waals surface area contributed by atoms with Crippen molar-refractivity contribution in [3.8, 4) is 0 Å². The molecule has 0 atom stereocenters. The van der Waals surface area contributed by atoms with Gasteiger partial charge in [0.15, 0.2) is 0 Å². The Morgan fingerprint density at radius 2 is 1.95 bits per heavy atom. The van der Waals surface area contributed by atoms with Crippen LogP contribution in [0.15, 0.2) is 24.5 Å². The fraction of sp³-hybridized carbons (Fsp3) is 0.588. The number of hydrogen-bond acceptors (Lipinski definition) is 3. The largest absolute Gasteiger partial charge is 0.353 e. The SMILES string of the molecule is O=C1CN(C(=O)C2(c3ccncc3)CC3(CCC3)C2)CCN1. The molecule has 1 N–H and O–H groups in total. The first-order valence-corrected chi connectivity index (χ1v) is 8.10. The lowest BCUT2D eigenvalue weighted by atomic mass is 9.43. The van der Waals surface area contributed by atoms with Crippen LogP contribution in [0, 0.1) is 5.41 Å². The minimum absolute atomic E-state index is 0.0536. The Morgan fingerprint density at radius 3 is 2.55 bits per heavy atom. The third kappa shape index (κ3) is 1.95.